The monoisotopic (exact) mass is 821 g/mol. The molecule has 0 aromatic heterocycles. The first-order valence-electron chi connectivity index (χ1n) is 21.8. The summed E-state index contributed by atoms with van der Waals surface area (Å²) in [6.45, 7) is 5.87. The Morgan fingerprint density at radius 1 is 0.491 bits per heavy atom. The summed E-state index contributed by atoms with van der Waals surface area (Å²) in [5, 5.41) is 40.0. The third kappa shape index (κ3) is 34.3. The minimum atomic E-state index is -1.46. The first-order chi connectivity index (χ1) is 25.8. The number of halogens is 3. The largest absolute Gasteiger partial charge is 0.394 e. The van der Waals surface area contributed by atoms with Crippen LogP contribution < -0.4 is 0 Å². The molecule has 1 saturated heterocycles. The van der Waals surface area contributed by atoms with Gasteiger partial charge in [-0.25, -0.2) is 0 Å². The average Bonchev–Trinajstić information content (AvgIpc) is 3.14. The van der Waals surface area contributed by atoms with Crippen molar-refractivity contribution in [3.05, 3.63) is 0 Å². The molecule has 0 radical (unpaired) electrons. The number of aliphatic hydroxyl groups excluding tert-OH is 4. The summed E-state index contributed by atoms with van der Waals surface area (Å²) in [6, 6.07) is 0. The number of aliphatic hydroxyl groups is 4. The number of hydrogen-bond donors (Lipinski definition) is 4. The molecule has 4 N–H and O–H groups in total. The van der Waals surface area contributed by atoms with Crippen LogP contribution in [0.1, 0.15) is 194 Å². The van der Waals surface area contributed by atoms with Gasteiger partial charge in [0.2, 0.25) is 0 Å². The predicted octanol–water partition coefficient (Wildman–Crippen LogP) is 11.2. The number of alkyl halides is 3. The van der Waals surface area contributed by atoms with Gasteiger partial charge in [-0.1, -0.05) is 216 Å². The molecule has 8 nitrogen and oxygen atoms in total. The zero-order chi connectivity index (χ0) is 39.2. The molecule has 0 saturated carbocycles. The van der Waals surface area contributed by atoms with Gasteiger partial charge in [-0.2, -0.15) is 0 Å². The Morgan fingerprint density at radius 3 is 1.23 bits per heavy atom. The molecule has 0 bridgehead atoms. The van der Waals surface area contributed by atoms with Gasteiger partial charge in [0, 0.05) is 13.2 Å². The molecule has 0 aliphatic carbocycles. The Bertz CT molecular complexity index is 721. The van der Waals surface area contributed by atoms with Crippen LogP contribution in [0.3, 0.4) is 0 Å². The lowest BCUT2D eigenvalue weighted by molar-refractivity contribution is -0.306. The van der Waals surface area contributed by atoms with Gasteiger partial charge in [-0.3, -0.25) is 0 Å². The summed E-state index contributed by atoms with van der Waals surface area (Å²) in [5.74, 6) is 0. The van der Waals surface area contributed by atoms with Crippen LogP contribution in [-0.4, -0.2) is 94.6 Å². The fourth-order valence-electron chi connectivity index (χ4n) is 6.71. The maximum atomic E-state index is 10.4. The predicted molar refractivity (Wildman–Crippen MR) is 222 cm³/mol. The SMILES string of the molecule is CCCCCCCCCCCCCCCCOC[C@@H](COC1OC(CO)C(O)C(O)C1O)OCCCCCCCCCCCCCCCC.ClC(Cl)Cl. The van der Waals surface area contributed by atoms with E-state index in [0.29, 0.717) is 19.8 Å². The van der Waals surface area contributed by atoms with Gasteiger partial charge in [0.1, 0.15) is 30.5 Å². The summed E-state index contributed by atoms with van der Waals surface area (Å²) in [7, 11) is 0. The van der Waals surface area contributed by atoms with Crippen molar-refractivity contribution in [2.24, 2.45) is 0 Å². The van der Waals surface area contributed by atoms with Crippen molar-refractivity contribution in [3.63, 3.8) is 0 Å². The zero-order valence-electron chi connectivity index (χ0n) is 33.9. The van der Waals surface area contributed by atoms with E-state index >= 15 is 0 Å². The molecule has 320 valence electrons. The molecule has 11 heteroatoms. The Kier molecular flexibility index (Phi) is 41.2. The molecule has 1 aliphatic heterocycles. The second-order valence-electron chi connectivity index (χ2n) is 15.0. The molecule has 0 amide bonds. The van der Waals surface area contributed by atoms with E-state index < -0.39 is 41.6 Å². The van der Waals surface area contributed by atoms with Crippen LogP contribution in [0.4, 0.5) is 0 Å². The molecule has 53 heavy (non-hydrogen) atoms. The Morgan fingerprint density at radius 2 is 0.849 bits per heavy atom. The Hall–Kier alpha value is 0.550. The lowest BCUT2D eigenvalue weighted by Crippen LogP contribution is -2.59. The lowest BCUT2D eigenvalue weighted by Gasteiger charge is -2.39. The van der Waals surface area contributed by atoms with E-state index in [1.807, 2.05) is 0 Å². The molecule has 0 spiro atoms. The maximum Gasteiger partial charge on any atom is 0.186 e. The van der Waals surface area contributed by atoms with Gasteiger partial charge in [0.15, 0.2) is 10.6 Å². The number of ether oxygens (including phenoxy) is 4. The second kappa shape index (κ2) is 40.7. The van der Waals surface area contributed by atoms with E-state index in [0.717, 1.165) is 19.3 Å². The first-order valence-corrected chi connectivity index (χ1v) is 23.1. The average molecular weight is 822 g/mol. The molecular weight excluding hydrogens is 739 g/mol. The van der Waals surface area contributed by atoms with Crippen LogP contribution in [0.2, 0.25) is 0 Å². The minimum absolute atomic E-state index is 0.125. The van der Waals surface area contributed by atoms with Crippen LogP contribution in [0, 0.1) is 0 Å². The summed E-state index contributed by atoms with van der Waals surface area (Å²) < 4.78 is 22.7. The summed E-state index contributed by atoms with van der Waals surface area (Å²) >= 11 is 14.4. The third-order valence-corrected chi connectivity index (χ3v) is 10.1. The van der Waals surface area contributed by atoms with Crippen molar-refractivity contribution in [2.45, 2.75) is 235 Å². The maximum absolute atomic E-state index is 10.4. The smallest absolute Gasteiger partial charge is 0.186 e. The standard InChI is InChI=1S/C41H82O8.CHCl3/c1-3-5-7-9-11-13-15-17-19-21-23-25-27-29-31-46-34-36(35-48-41-40(45)39(44)38(43)37(33-42)49-41)47-32-30-28-26-24-22-20-18-16-14-12-10-8-6-4-2;2-1(3)4/h36-45H,3-35H2,1-2H3;1H/t36-,37?,38?,39?,40?,41?;/m0./s1. The minimum Gasteiger partial charge on any atom is -0.394 e. The quantitative estimate of drug-likeness (QED) is 0.0361. The first kappa shape index (κ1) is 53.6. The fraction of sp³-hybridized carbons (Fsp3) is 1.00. The topological polar surface area (TPSA) is 118 Å². The van der Waals surface area contributed by atoms with Crippen LogP contribution in [0.25, 0.3) is 0 Å². The zero-order valence-corrected chi connectivity index (χ0v) is 36.2. The van der Waals surface area contributed by atoms with Crippen LogP contribution in [0.15, 0.2) is 0 Å². The van der Waals surface area contributed by atoms with Crippen molar-refractivity contribution in [2.75, 3.05) is 33.0 Å². The fourth-order valence-corrected chi connectivity index (χ4v) is 6.71. The van der Waals surface area contributed by atoms with E-state index in [-0.39, 0.29) is 12.7 Å². The molecule has 1 rings (SSSR count). The Balaban J connectivity index is 0.00000640. The molecule has 1 aliphatic rings. The molecule has 6 atom stereocenters. The summed E-state index contributed by atoms with van der Waals surface area (Å²) in [6.07, 6.45) is 30.1. The van der Waals surface area contributed by atoms with Crippen molar-refractivity contribution >= 4 is 34.8 Å². The van der Waals surface area contributed by atoms with Gasteiger partial charge >= 0.3 is 0 Å². The molecule has 1 fully saturated rings. The lowest BCUT2D eigenvalue weighted by atomic mass is 9.99. The highest BCUT2D eigenvalue weighted by molar-refractivity contribution is 6.63. The molecular formula is C42H83Cl3O8. The van der Waals surface area contributed by atoms with Gasteiger partial charge in [0.05, 0.1) is 19.8 Å². The van der Waals surface area contributed by atoms with E-state index in [1.165, 1.54) is 161 Å². The van der Waals surface area contributed by atoms with Crippen LogP contribution >= 0.6 is 34.8 Å². The highest BCUT2D eigenvalue weighted by Gasteiger charge is 2.44. The van der Waals surface area contributed by atoms with E-state index in [2.05, 4.69) is 13.8 Å². The van der Waals surface area contributed by atoms with E-state index in [1.54, 1.807) is 0 Å². The van der Waals surface area contributed by atoms with Crippen LogP contribution in [-0.2, 0) is 18.9 Å². The van der Waals surface area contributed by atoms with E-state index in [9.17, 15) is 20.4 Å². The van der Waals surface area contributed by atoms with Crippen molar-refractivity contribution in [1.29, 1.82) is 0 Å². The van der Waals surface area contributed by atoms with Gasteiger partial charge in [-0.05, 0) is 12.8 Å². The normalized spacial score (nSPS) is 20.8. The molecule has 0 aromatic rings. The molecule has 5 unspecified atom stereocenters. The number of hydrogen-bond acceptors (Lipinski definition) is 8. The highest BCUT2D eigenvalue weighted by Crippen LogP contribution is 2.22. The van der Waals surface area contributed by atoms with Crippen molar-refractivity contribution in [3.8, 4) is 0 Å². The molecule has 1 heterocycles. The summed E-state index contributed by atoms with van der Waals surface area (Å²) in [5.41, 5.74) is 0. The number of unbranched alkanes of at least 4 members (excludes halogenated alkanes) is 26. The van der Waals surface area contributed by atoms with Crippen molar-refractivity contribution < 1.29 is 39.4 Å². The van der Waals surface area contributed by atoms with Gasteiger partial charge in [-0.15, -0.1) is 0 Å². The summed E-state index contributed by atoms with van der Waals surface area (Å²) in [4.78, 5) is 0. The van der Waals surface area contributed by atoms with Crippen molar-refractivity contribution in [1.82, 2.24) is 0 Å². The van der Waals surface area contributed by atoms with Crippen LogP contribution in [0.5, 0.6) is 0 Å². The highest BCUT2D eigenvalue weighted by atomic mass is 35.6. The Labute approximate surface area is 340 Å². The second-order valence-corrected chi connectivity index (χ2v) is 17.0. The van der Waals surface area contributed by atoms with Gasteiger partial charge in [0.25, 0.3) is 0 Å². The third-order valence-electron chi connectivity index (χ3n) is 10.1. The molecule has 0 aromatic carbocycles. The van der Waals surface area contributed by atoms with E-state index in [4.69, 9.17) is 53.8 Å². The van der Waals surface area contributed by atoms with Gasteiger partial charge < -0.3 is 39.4 Å². The number of rotatable bonds is 37.